The SMILES string of the molecule is CCCCCCC/C=C\C/C=C\CCCCCCCCCCCC(=O)OC(COCCC(C(=O)O)[N+](C)(C)C)COC(=O)CCCCCCCCCCCCCCCC. The van der Waals surface area contributed by atoms with Crippen LogP contribution >= 0.6 is 0 Å². The van der Waals surface area contributed by atoms with E-state index in [1.807, 2.05) is 21.1 Å². The van der Waals surface area contributed by atoms with Gasteiger partial charge in [0.05, 0.1) is 34.4 Å². The highest BCUT2D eigenvalue weighted by atomic mass is 16.6. The lowest BCUT2D eigenvalue weighted by molar-refractivity contribution is -0.887. The van der Waals surface area contributed by atoms with Crippen molar-refractivity contribution < 1.29 is 38.2 Å². The largest absolute Gasteiger partial charge is 0.477 e. The molecule has 0 spiro atoms. The maximum atomic E-state index is 12.8. The van der Waals surface area contributed by atoms with Gasteiger partial charge in [0.15, 0.2) is 12.1 Å². The molecule has 0 aromatic carbocycles. The van der Waals surface area contributed by atoms with Crippen molar-refractivity contribution in [1.29, 1.82) is 0 Å². The normalized spacial score (nSPS) is 13.0. The van der Waals surface area contributed by atoms with Crippen LogP contribution in [0.2, 0.25) is 0 Å². The third-order valence-corrected chi connectivity index (χ3v) is 11.4. The van der Waals surface area contributed by atoms with Crippen molar-refractivity contribution in [3.8, 4) is 0 Å². The quantitative estimate of drug-likeness (QED) is 0.0282. The Morgan fingerprint density at radius 2 is 0.898 bits per heavy atom. The maximum absolute atomic E-state index is 12.8. The van der Waals surface area contributed by atoms with Crippen LogP contribution in [-0.4, -0.2) is 80.6 Å². The van der Waals surface area contributed by atoms with E-state index in [2.05, 4.69) is 38.2 Å². The first-order valence-electron chi connectivity index (χ1n) is 24.9. The molecule has 8 nitrogen and oxygen atoms in total. The topological polar surface area (TPSA) is 99.1 Å². The molecule has 0 aromatic rings. The number of carbonyl (C=O) groups is 3. The average Bonchev–Trinajstić information content (AvgIpc) is 3.19. The first-order valence-corrected chi connectivity index (χ1v) is 24.9. The number of aliphatic carboxylic acids is 1. The first-order chi connectivity index (χ1) is 28.6. The molecule has 0 bridgehead atoms. The number of likely N-dealkylation sites (N-methyl/N-ethyl adjacent to an activating group) is 1. The molecule has 0 rings (SSSR count). The van der Waals surface area contributed by atoms with Gasteiger partial charge >= 0.3 is 17.9 Å². The lowest BCUT2D eigenvalue weighted by atomic mass is 10.0. The minimum Gasteiger partial charge on any atom is -0.477 e. The smallest absolute Gasteiger partial charge is 0.362 e. The Morgan fingerprint density at radius 1 is 0.508 bits per heavy atom. The number of hydrogen-bond acceptors (Lipinski definition) is 6. The molecular weight excluding hydrogens is 739 g/mol. The van der Waals surface area contributed by atoms with Crippen LogP contribution in [0.25, 0.3) is 0 Å². The summed E-state index contributed by atoms with van der Waals surface area (Å²) in [6.07, 6.45) is 47.9. The number of allylic oxidation sites excluding steroid dienone is 4. The van der Waals surface area contributed by atoms with Crippen molar-refractivity contribution in [2.45, 2.75) is 244 Å². The summed E-state index contributed by atoms with van der Waals surface area (Å²) in [6, 6.07) is -0.613. The predicted octanol–water partition coefficient (Wildman–Crippen LogP) is 14.0. The maximum Gasteiger partial charge on any atom is 0.362 e. The van der Waals surface area contributed by atoms with Gasteiger partial charge in [0.1, 0.15) is 6.61 Å². The molecule has 0 heterocycles. The van der Waals surface area contributed by atoms with Crippen molar-refractivity contribution in [3.63, 3.8) is 0 Å². The second-order valence-electron chi connectivity index (χ2n) is 18.1. The standard InChI is InChI=1S/C51H95NO7/c1-6-8-10-12-14-16-18-20-22-23-24-25-26-27-28-30-32-34-36-38-40-42-50(54)59-47(45-57-44-43-48(51(55)56)52(3,4)5)46-58-49(53)41-39-37-35-33-31-29-21-19-17-15-13-11-9-7-2/h18,20,23-24,47-48H,6-17,19,21-22,25-46H2,1-5H3/p+1/b20-18-,24-23-. The number of esters is 2. The molecule has 346 valence electrons. The van der Waals surface area contributed by atoms with Gasteiger partial charge < -0.3 is 23.8 Å². The van der Waals surface area contributed by atoms with Crippen molar-refractivity contribution in [3.05, 3.63) is 24.3 Å². The Morgan fingerprint density at radius 3 is 1.31 bits per heavy atom. The van der Waals surface area contributed by atoms with Crippen LogP contribution in [0.15, 0.2) is 24.3 Å². The number of carboxylic acids is 1. The molecule has 2 atom stereocenters. The highest BCUT2D eigenvalue weighted by Crippen LogP contribution is 2.16. The molecule has 0 saturated carbocycles. The van der Waals surface area contributed by atoms with Crippen molar-refractivity contribution in [2.24, 2.45) is 0 Å². The summed E-state index contributed by atoms with van der Waals surface area (Å²) in [7, 11) is 5.54. The Kier molecular flexibility index (Phi) is 40.9. The van der Waals surface area contributed by atoms with Gasteiger partial charge in [-0.25, -0.2) is 4.79 Å². The van der Waals surface area contributed by atoms with E-state index in [-0.39, 0.29) is 36.2 Å². The van der Waals surface area contributed by atoms with Gasteiger partial charge in [-0.1, -0.05) is 192 Å². The molecule has 8 heteroatoms. The highest BCUT2D eigenvalue weighted by Gasteiger charge is 2.31. The van der Waals surface area contributed by atoms with E-state index >= 15 is 0 Å². The number of ether oxygens (including phenoxy) is 3. The summed E-state index contributed by atoms with van der Waals surface area (Å²) in [6.45, 7) is 4.75. The van der Waals surface area contributed by atoms with Crippen LogP contribution in [0.4, 0.5) is 0 Å². The van der Waals surface area contributed by atoms with Gasteiger partial charge in [0.2, 0.25) is 0 Å². The monoisotopic (exact) mass is 835 g/mol. The fourth-order valence-electron chi connectivity index (χ4n) is 7.48. The molecule has 0 radical (unpaired) electrons. The Balaban J connectivity index is 4.24. The van der Waals surface area contributed by atoms with Crippen molar-refractivity contribution in [2.75, 3.05) is 41.0 Å². The van der Waals surface area contributed by atoms with Crippen LogP contribution in [-0.2, 0) is 28.6 Å². The minimum atomic E-state index is -0.873. The Bertz CT molecular complexity index is 1020. The number of carbonyl (C=O) groups excluding carboxylic acids is 2. The fourth-order valence-corrected chi connectivity index (χ4v) is 7.48. The summed E-state index contributed by atoms with van der Waals surface area (Å²) in [4.78, 5) is 37.1. The van der Waals surface area contributed by atoms with Gasteiger partial charge in [-0.05, 0) is 44.9 Å². The van der Waals surface area contributed by atoms with Gasteiger partial charge in [0.25, 0.3) is 0 Å². The van der Waals surface area contributed by atoms with E-state index in [1.165, 1.54) is 154 Å². The van der Waals surface area contributed by atoms with E-state index < -0.39 is 18.1 Å². The molecular formula is C51H96NO7+. The molecule has 0 fully saturated rings. The molecule has 59 heavy (non-hydrogen) atoms. The van der Waals surface area contributed by atoms with Gasteiger partial charge in [-0.2, -0.15) is 0 Å². The summed E-state index contributed by atoms with van der Waals surface area (Å²) >= 11 is 0. The number of quaternary nitrogens is 1. The van der Waals surface area contributed by atoms with Gasteiger partial charge in [-0.3, -0.25) is 9.59 Å². The summed E-state index contributed by atoms with van der Waals surface area (Å²) in [5.41, 5.74) is 0. The zero-order valence-corrected chi connectivity index (χ0v) is 39.5. The molecule has 1 N–H and O–H groups in total. The number of nitrogens with zero attached hydrogens (tertiary/aromatic N) is 1. The van der Waals surface area contributed by atoms with Crippen molar-refractivity contribution >= 4 is 17.9 Å². The summed E-state index contributed by atoms with van der Waals surface area (Å²) in [5, 5.41) is 9.64. The second kappa shape index (κ2) is 42.5. The Labute approximate surface area is 364 Å². The highest BCUT2D eigenvalue weighted by molar-refractivity contribution is 5.72. The zero-order chi connectivity index (χ0) is 43.5. The zero-order valence-electron chi connectivity index (χ0n) is 39.5. The predicted molar refractivity (Wildman–Crippen MR) is 248 cm³/mol. The molecule has 0 aromatic heterocycles. The third-order valence-electron chi connectivity index (χ3n) is 11.4. The third kappa shape index (κ3) is 41.0. The number of rotatable bonds is 45. The van der Waals surface area contributed by atoms with Crippen LogP contribution in [0.3, 0.4) is 0 Å². The van der Waals surface area contributed by atoms with E-state index in [0.717, 1.165) is 44.9 Å². The lowest BCUT2D eigenvalue weighted by Gasteiger charge is -2.31. The van der Waals surface area contributed by atoms with Crippen LogP contribution in [0, 0.1) is 0 Å². The van der Waals surface area contributed by atoms with E-state index in [1.54, 1.807) is 0 Å². The summed E-state index contributed by atoms with van der Waals surface area (Å²) < 4.78 is 17.3. The van der Waals surface area contributed by atoms with Crippen LogP contribution in [0.1, 0.15) is 232 Å². The van der Waals surface area contributed by atoms with E-state index in [9.17, 15) is 19.5 Å². The molecule has 2 unspecified atom stereocenters. The van der Waals surface area contributed by atoms with E-state index in [4.69, 9.17) is 14.2 Å². The average molecular weight is 835 g/mol. The fraction of sp³-hybridized carbons (Fsp3) is 0.863. The second-order valence-corrected chi connectivity index (χ2v) is 18.1. The van der Waals surface area contributed by atoms with Gasteiger partial charge in [0, 0.05) is 19.3 Å². The molecule has 0 aliphatic heterocycles. The van der Waals surface area contributed by atoms with Crippen molar-refractivity contribution in [1.82, 2.24) is 0 Å². The lowest BCUT2D eigenvalue weighted by Crippen LogP contribution is -2.50. The summed E-state index contributed by atoms with van der Waals surface area (Å²) in [5.74, 6) is -1.46. The number of unbranched alkanes of at least 4 members (excludes halogenated alkanes) is 27. The molecule has 0 aliphatic rings. The number of carboxylic acid groups (broad SMARTS) is 1. The van der Waals surface area contributed by atoms with Crippen LogP contribution in [0.5, 0.6) is 0 Å². The minimum absolute atomic E-state index is 0.0478. The first kappa shape index (κ1) is 56.8. The van der Waals surface area contributed by atoms with E-state index in [0.29, 0.717) is 19.3 Å². The molecule has 0 saturated heterocycles. The Hall–Kier alpha value is -2.19. The van der Waals surface area contributed by atoms with Crippen LogP contribution < -0.4 is 0 Å². The number of hydrogen-bond donors (Lipinski definition) is 1. The molecule has 0 amide bonds. The van der Waals surface area contributed by atoms with Gasteiger partial charge in [-0.15, -0.1) is 0 Å². The molecule has 0 aliphatic carbocycles.